The fourth-order valence-electron chi connectivity index (χ4n) is 7.40. The van der Waals surface area contributed by atoms with E-state index in [0.29, 0.717) is 10.0 Å². The fourth-order valence-corrected chi connectivity index (χ4v) is 10.5. The molecule has 0 spiro atoms. The number of halogens is 4. The Morgan fingerprint density at radius 3 is 1.75 bits per heavy atom. The van der Waals surface area contributed by atoms with E-state index in [-0.39, 0.29) is 0 Å². The Morgan fingerprint density at radius 2 is 1.00 bits per heavy atom. The Balaban J connectivity index is 0.000000122. The van der Waals surface area contributed by atoms with Gasteiger partial charge in [-0.05, 0) is 94.9 Å². The zero-order valence-corrected chi connectivity index (χ0v) is 38.4. The van der Waals surface area contributed by atoms with E-state index in [1.807, 2.05) is 100 Å². The predicted molar refractivity (Wildman–Crippen MR) is 267 cm³/mol. The van der Waals surface area contributed by atoms with Gasteiger partial charge in [0.2, 0.25) is 0 Å². The number of para-hydroxylation sites is 3. The lowest BCUT2D eigenvalue weighted by Crippen LogP contribution is -2.15. The van der Waals surface area contributed by atoms with Gasteiger partial charge in [-0.3, -0.25) is 0 Å². The van der Waals surface area contributed by atoms with Crippen LogP contribution in [0.1, 0.15) is 11.1 Å². The number of thiophene rings is 2. The van der Waals surface area contributed by atoms with Crippen molar-refractivity contribution in [1.82, 2.24) is 0 Å². The van der Waals surface area contributed by atoms with Crippen molar-refractivity contribution < 1.29 is 9.47 Å². The third kappa shape index (κ3) is 8.17. The second-order valence-corrected chi connectivity index (χ2v) is 17.6. The molecule has 4 heterocycles. The summed E-state index contributed by atoms with van der Waals surface area (Å²) in [4.78, 5) is 4.21. The van der Waals surface area contributed by atoms with Gasteiger partial charge in [-0.15, -0.1) is 22.7 Å². The van der Waals surface area contributed by atoms with E-state index in [1.54, 1.807) is 0 Å². The van der Waals surface area contributed by atoms with Crippen LogP contribution in [0.5, 0.6) is 23.0 Å². The summed E-state index contributed by atoms with van der Waals surface area (Å²) < 4.78 is 18.3. The lowest BCUT2D eigenvalue weighted by molar-refractivity contribution is 0.460. The van der Waals surface area contributed by atoms with E-state index in [1.165, 1.54) is 51.5 Å². The van der Waals surface area contributed by atoms with Gasteiger partial charge in [-0.25, -0.2) is 0 Å². The molecule has 0 aliphatic carbocycles. The van der Waals surface area contributed by atoms with Crippen molar-refractivity contribution in [3.8, 4) is 23.0 Å². The van der Waals surface area contributed by atoms with E-state index in [0.717, 1.165) is 51.0 Å². The summed E-state index contributed by atoms with van der Waals surface area (Å²) in [5, 5.41) is 6.70. The van der Waals surface area contributed by atoms with E-state index in [4.69, 9.17) is 32.7 Å². The number of hydrogen-bond acceptors (Lipinski definition) is 5. The van der Waals surface area contributed by atoms with E-state index in [2.05, 4.69) is 140 Å². The Kier molecular flexibility index (Phi) is 11.8. The summed E-state index contributed by atoms with van der Waals surface area (Å²) in [6.45, 7) is 0. The molecule has 0 radical (unpaired) electrons. The van der Waals surface area contributed by atoms with Crippen LogP contribution in [0.15, 0.2) is 174 Å². The Bertz CT molecular complexity index is 3150. The topological polar surface area (TPSA) is 21.7 Å². The molecule has 290 valence electrons. The Morgan fingerprint density at radius 1 is 0.475 bits per heavy atom. The second kappa shape index (κ2) is 17.5. The van der Waals surface area contributed by atoms with Crippen LogP contribution in [0.3, 0.4) is 0 Å². The SMILES string of the molecule is Brc1ccc2c(c1)sc1ccccc12.CI.Clc1ccc2c(c1)Oc1ccccc1C2.Clc1ccc2c(c1)Oc1ccccc1N2c1ccc2c(c1)sc1ccccc12. The summed E-state index contributed by atoms with van der Waals surface area (Å²) in [6.07, 6.45) is 0.919. The summed E-state index contributed by atoms with van der Waals surface area (Å²) >= 11 is 21.5. The minimum Gasteiger partial charge on any atom is -0.457 e. The smallest absolute Gasteiger partial charge is 0.153 e. The molecular formula is C50H33BrCl2INO2S2. The van der Waals surface area contributed by atoms with Gasteiger partial charge in [0, 0.05) is 73.0 Å². The monoisotopic (exact) mass is 1020 g/mol. The molecular weight excluding hydrogens is 988 g/mol. The predicted octanol–water partition coefficient (Wildman–Crippen LogP) is 18.2. The average Bonchev–Trinajstić information content (AvgIpc) is 3.83. The van der Waals surface area contributed by atoms with Crippen LogP contribution in [0, 0.1) is 0 Å². The van der Waals surface area contributed by atoms with Gasteiger partial charge in [0.25, 0.3) is 0 Å². The molecule has 0 bridgehead atoms. The molecule has 10 aromatic rings. The van der Waals surface area contributed by atoms with Crippen molar-refractivity contribution in [2.45, 2.75) is 6.42 Å². The molecule has 0 atom stereocenters. The number of fused-ring (bicyclic) bond motifs is 10. The molecule has 8 aromatic carbocycles. The molecule has 0 saturated carbocycles. The highest BCUT2D eigenvalue weighted by molar-refractivity contribution is 14.1. The van der Waals surface area contributed by atoms with Gasteiger partial charge >= 0.3 is 0 Å². The van der Waals surface area contributed by atoms with Gasteiger partial charge in [0.15, 0.2) is 11.5 Å². The zero-order chi connectivity index (χ0) is 40.5. The van der Waals surface area contributed by atoms with E-state index in [9.17, 15) is 0 Å². The zero-order valence-electron chi connectivity index (χ0n) is 31.5. The quantitative estimate of drug-likeness (QED) is 0.121. The lowest BCUT2D eigenvalue weighted by Gasteiger charge is -2.32. The summed E-state index contributed by atoms with van der Waals surface area (Å²) in [5.41, 5.74) is 5.55. The number of rotatable bonds is 1. The minimum absolute atomic E-state index is 0.665. The number of anilines is 3. The lowest BCUT2D eigenvalue weighted by atomic mass is 10.0. The summed E-state index contributed by atoms with van der Waals surface area (Å²) in [7, 11) is 0. The van der Waals surface area contributed by atoms with Gasteiger partial charge in [-0.1, -0.05) is 147 Å². The third-order valence-electron chi connectivity index (χ3n) is 10.1. The number of benzene rings is 8. The first-order chi connectivity index (χ1) is 28.9. The summed E-state index contributed by atoms with van der Waals surface area (Å²) in [6, 6.07) is 58.0. The average molecular weight is 1020 g/mol. The van der Waals surface area contributed by atoms with Gasteiger partial charge in [-0.2, -0.15) is 0 Å². The normalized spacial score (nSPS) is 12.0. The van der Waals surface area contributed by atoms with Crippen molar-refractivity contribution >= 4 is 142 Å². The largest absolute Gasteiger partial charge is 0.457 e. The molecule has 0 amide bonds. The molecule has 0 fully saturated rings. The van der Waals surface area contributed by atoms with Gasteiger partial charge in [0.1, 0.15) is 11.5 Å². The highest BCUT2D eigenvalue weighted by atomic mass is 127. The number of nitrogens with zero attached hydrogens (tertiary/aromatic N) is 1. The Labute approximate surface area is 382 Å². The van der Waals surface area contributed by atoms with Crippen molar-refractivity contribution in [2.24, 2.45) is 0 Å². The number of hydrogen-bond donors (Lipinski definition) is 0. The highest BCUT2D eigenvalue weighted by Gasteiger charge is 2.26. The van der Waals surface area contributed by atoms with Crippen molar-refractivity contribution in [3.63, 3.8) is 0 Å². The maximum absolute atomic E-state index is 6.22. The van der Waals surface area contributed by atoms with Crippen LogP contribution >= 0.6 is 84.4 Å². The molecule has 2 aromatic heterocycles. The Hall–Kier alpha value is -4.61. The van der Waals surface area contributed by atoms with Crippen molar-refractivity contribution in [3.05, 3.63) is 196 Å². The highest BCUT2D eigenvalue weighted by Crippen LogP contribution is 2.51. The third-order valence-corrected chi connectivity index (χ3v) is 13.3. The van der Waals surface area contributed by atoms with Crippen LogP contribution < -0.4 is 14.4 Å². The molecule has 0 N–H and O–H groups in total. The molecule has 3 nitrogen and oxygen atoms in total. The summed E-state index contributed by atoms with van der Waals surface area (Å²) in [5.74, 6) is 3.41. The number of alkyl halides is 1. The van der Waals surface area contributed by atoms with Crippen LogP contribution in [-0.2, 0) is 6.42 Å². The van der Waals surface area contributed by atoms with E-state index < -0.39 is 0 Å². The maximum Gasteiger partial charge on any atom is 0.153 e. The molecule has 59 heavy (non-hydrogen) atoms. The van der Waals surface area contributed by atoms with Gasteiger partial charge in [0.05, 0.1) is 11.4 Å². The molecule has 0 saturated heterocycles. The fraction of sp³-hybridized carbons (Fsp3) is 0.0400. The standard InChI is InChI=1S/C24H14ClNOS.C13H9ClO.C12H7BrS.CH3I/c25-15-9-12-20-22(13-15)27-21-7-3-2-6-19(21)26(20)16-10-11-18-17-5-1-4-8-23(17)28-24(18)14-16;14-11-6-5-10-7-9-3-1-2-4-12(9)15-13(10)8-11;13-8-5-6-10-9-3-1-2-4-11(9)14-12(10)7-8;1-2/h1-14H;1-6,8H,7H2;1-7H;1H3. The van der Waals surface area contributed by atoms with Crippen molar-refractivity contribution in [2.75, 3.05) is 9.83 Å². The molecule has 12 rings (SSSR count). The maximum atomic E-state index is 6.22. The van der Waals surface area contributed by atoms with Crippen LogP contribution in [0.4, 0.5) is 17.1 Å². The minimum atomic E-state index is 0.665. The van der Waals surface area contributed by atoms with Crippen LogP contribution in [0.2, 0.25) is 10.0 Å². The van der Waals surface area contributed by atoms with Crippen LogP contribution in [-0.4, -0.2) is 4.93 Å². The first-order valence-corrected chi connectivity index (χ1v) is 24.1. The first-order valence-electron chi connectivity index (χ1n) is 18.7. The molecule has 2 aliphatic rings. The van der Waals surface area contributed by atoms with Crippen LogP contribution in [0.25, 0.3) is 40.3 Å². The molecule has 9 heteroatoms. The van der Waals surface area contributed by atoms with E-state index >= 15 is 0 Å². The molecule has 0 unspecified atom stereocenters. The van der Waals surface area contributed by atoms with Crippen molar-refractivity contribution in [1.29, 1.82) is 0 Å². The second-order valence-electron chi connectivity index (χ2n) is 13.7. The first kappa shape index (κ1) is 39.8. The van der Waals surface area contributed by atoms with Gasteiger partial charge < -0.3 is 14.4 Å². The molecule has 2 aliphatic heterocycles. The number of ether oxygens (including phenoxy) is 2.